The van der Waals surface area contributed by atoms with E-state index in [2.05, 4.69) is 21.2 Å². The van der Waals surface area contributed by atoms with Crippen LogP contribution in [0.15, 0.2) is 22.7 Å². The van der Waals surface area contributed by atoms with Crippen LogP contribution in [0, 0.1) is 5.82 Å². The van der Waals surface area contributed by atoms with Gasteiger partial charge in [0.05, 0.1) is 11.1 Å². The number of hydrogen-bond donors (Lipinski definition) is 1. The molecule has 0 radical (unpaired) electrons. The molecule has 0 saturated carbocycles. The van der Waals surface area contributed by atoms with Crippen LogP contribution in [0.5, 0.6) is 5.75 Å². The van der Waals surface area contributed by atoms with Crippen molar-refractivity contribution in [1.82, 2.24) is 5.32 Å². The van der Waals surface area contributed by atoms with Crippen molar-refractivity contribution < 1.29 is 9.13 Å². The second-order valence-corrected chi connectivity index (χ2v) is 5.21. The zero-order valence-electron chi connectivity index (χ0n) is 9.72. The van der Waals surface area contributed by atoms with E-state index in [1.54, 1.807) is 12.1 Å². The van der Waals surface area contributed by atoms with Gasteiger partial charge in [-0.05, 0) is 59.9 Å². The van der Waals surface area contributed by atoms with Crippen LogP contribution in [0.1, 0.15) is 25.7 Å². The zero-order chi connectivity index (χ0) is 12.1. The van der Waals surface area contributed by atoms with E-state index in [4.69, 9.17) is 4.74 Å². The molecule has 4 heteroatoms. The second-order valence-electron chi connectivity index (χ2n) is 4.36. The van der Waals surface area contributed by atoms with Crippen LogP contribution < -0.4 is 10.1 Å². The Kier molecular flexibility index (Phi) is 4.80. The van der Waals surface area contributed by atoms with Crippen LogP contribution in [-0.2, 0) is 0 Å². The molecule has 1 heterocycles. The highest BCUT2D eigenvalue weighted by Gasteiger charge is 2.12. The highest BCUT2D eigenvalue weighted by atomic mass is 79.9. The average molecular weight is 302 g/mol. The Morgan fingerprint density at radius 3 is 3.00 bits per heavy atom. The maximum atomic E-state index is 13.0. The molecule has 2 nitrogen and oxygen atoms in total. The van der Waals surface area contributed by atoms with Crippen LogP contribution in [0.3, 0.4) is 0 Å². The predicted octanol–water partition coefficient (Wildman–Crippen LogP) is 3.50. The molecule has 1 aromatic rings. The number of halogens is 2. The summed E-state index contributed by atoms with van der Waals surface area (Å²) in [5.74, 6) is 0.459. The third-order valence-electron chi connectivity index (χ3n) is 3.04. The van der Waals surface area contributed by atoms with Gasteiger partial charge in [0.2, 0.25) is 0 Å². The number of hydrogen-bond acceptors (Lipinski definition) is 2. The first-order chi connectivity index (χ1) is 8.25. The molecule has 0 aromatic heterocycles. The summed E-state index contributed by atoms with van der Waals surface area (Å²) in [5, 5.41) is 3.48. The van der Waals surface area contributed by atoms with E-state index in [0.717, 1.165) is 13.0 Å². The zero-order valence-corrected chi connectivity index (χ0v) is 11.3. The van der Waals surface area contributed by atoms with Gasteiger partial charge in [-0.25, -0.2) is 4.39 Å². The Morgan fingerprint density at radius 1 is 1.41 bits per heavy atom. The molecule has 1 aliphatic rings. The van der Waals surface area contributed by atoms with Crippen molar-refractivity contribution in [3.63, 3.8) is 0 Å². The highest BCUT2D eigenvalue weighted by Crippen LogP contribution is 2.22. The van der Waals surface area contributed by atoms with Gasteiger partial charge in [-0.3, -0.25) is 0 Å². The standard InChI is InChI=1S/C13H17BrFNO/c14-12-9-11(4-5-13(12)15)17-8-6-10-3-1-2-7-16-10/h4-5,9-10,16H,1-3,6-8H2. The molecule has 1 unspecified atom stereocenters. The summed E-state index contributed by atoms with van der Waals surface area (Å²) >= 11 is 3.15. The molecular weight excluding hydrogens is 285 g/mol. The molecule has 1 atom stereocenters. The first-order valence-electron chi connectivity index (χ1n) is 6.07. The van der Waals surface area contributed by atoms with Crippen LogP contribution in [-0.4, -0.2) is 19.2 Å². The van der Waals surface area contributed by atoms with Crippen molar-refractivity contribution in [3.05, 3.63) is 28.5 Å². The fraction of sp³-hybridized carbons (Fsp3) is 0.538. The number of piperidine rings is 1. The predicted molar refractivity (Wildman–Crippen MR) is 69.9 cm³/mol. The molecule has 1 saturated heterocycles. The number of benzene rings is 1. The molecule has 0 spiro atoms. The largest absolute Gasteiger partial charge is 0.493 e. The lowest BCUT2D eigenvalue weighted by Gasteiger charge is -2.23. The van der Waals surface area contributed by atoms with Crippen LogP contribution in [0.4, 0.5) is 4.39 Å². The summed E-state index contributed by atoms with van der Waals surface area (Å²) in [5.41, 5.74) is 0. The maximum Gasteiger partial charge on any atom is 0.137 e. The topological polar surface area (TPSA) is 21.3 Å². The molecule has 1 fully saturated rings. The van der Waals surface area contributed by atoms with Crippen molar-refractivity contribution in [1.29, 1.82) is 0 Å². The van der Waals surface area contributed by atoms with Crippen molar-refractivity contribution in [2.75, 3.05) is 13.2 Å². The molecule has 17 heavy (non-hydrogen) atoms. The van der Waals surface area contributed by atoms with E-state index < -0.39 is 0 Å². The quantitative estimate of drug-likeness (QED) is 0.919. The second kappa shape index (κ2) is 6.36. The summed E-state index contributed by atoms with van der Waals surface area (Å²) in [6, 6.07) is 5.32. The van der Waals surface area contributed by atoms with Crippen molar-refractivity contribution >= 4 is 15.9 Å². The van der Waals surface area contributed by atoms with Crippen molar-refractivity contribution in [2.24, 2.45) is 0 Å². The van der Waals surface area contributed by atoms with E-state index in [9.17, 15) is 4.39 Å². The van der Waals surface area contributed by atoms with Gasteiger partial charge >= 0.3 is 0 Å². The van der Waals surface area contributed by atoms with Crippen molar-refractivity contribution in [3.8, 4) is 5.75 Å². The summed E-state index contributed by atoms with van der Waals surface area (Å²) in [4.78, 5) is 0. The number of nitrogens with one attached hydrogen (secondary N) is 1. The smallest absolute Gasteiger partial charge is 0.137 e. The average Bonchev–Trinajstić information content (AvgIpc) is 2.35. The highest BCUT2D eigenvalue weighted by molar-refractivity contribution is 9.10. The molecule has 0 aliphatic carbocycles. The Labute approximate surface area is 110 Å². The minimum atomic E-state index is -0.258. The molecule has 1 N–H and O–H groups in total. The maximum absolute atomic E-state index is 13.0. The number of ether oxygens (including phenoxy) is 1. The van der Waals surface area contributed by atoms with Crippen molar-refractivity contribution in [2.45, 2.75) is 31.7 Å². The molecule has 0 amide bonds. The third-order valence-corrected chi connectivity index (χ3v) is 3.65. The normalized spacial score (nSPS) is 20.2. The first-order valence-corrected chi connectivity index (χ1v) is 6.86. The number of rotatable bonds is 4. The van der Waals surface area contributed by atoms with E-state index in [1.165, 1.54) is 25.3 Å². The van der Waals surface area contributed by atoms with Gasteiger partial charge in [-0.15, -0.1) is 0 Å². The van der Waals surface area contributed by atoms with E-state index in [1.807, 2.05) is 0 Å². The van der Waals surface area contributed by atoms with Crippen LogP contribution >= 0.6 is 15.9 Å². The Bertz CT molecular complexity index is 366. The summed E-state index contributed by atoms with van der Waals surface area (Å²) in [6.07, 6.45) is 4.83. The third kappa shape index (κ3) is 3.96. The first kappa shape index (κ1) is 12.8. The molecule has 2 rings (SSSR count). The molecule has 1 aliphatic heterocycles. The van der Waals surface area contributed by atoms with Gasteiger partial charge in [0.15, 0.2) is 0 Å². The SMILES string of the molecule is Fc1ccc(OCCC2CCCCN2)cc1Br. The molecule has 1 aromatic carbocycles. The molecule has 0 bridgehead atoms. The van der Waals surface area contributed by atoms with Gasteiger partial charge in [0.25, 0.3) is 0 Å². The minimum Gasteiger partial charge on any atom is -0.493 e. The lowest BCUT2D eigenvalue weighted by atomic mass is 10.0. The fourth-order valence-corrected chi connectivity index (χ4v) is 2.41. The van der Waals surface area contributed by atoms with Gasteiger partial charge < -0.3 is 10.1 Å². The van der Waals surface area contributed by atoms with Crippen LogP contribution in [0.25, 0.3) is 0 Å². The lowest BCUT2D eigenvalue weighted by Crippen LogP contribution is -2.35. The van der Waals surface area contributed by atoms with E-state index in [-0.39, 0.29) is 5.82 Å². The van der Waals surface area contributed by atoms with E-state index >= 15 is 0 Å². The molecule has 94 valence electrons. The lowest BCUT2D eigenvalue weighted by molar-refractivity contribution is 0.268. The monoisotopic (exact) mass is 301 g/mol. The Balaban J connectivity index is 1.75. The summed E-state index contributed by atoms with van der Waals surface area (Å²) < 4.78 is 19.1. The van der Waals surface area contributed by atoms with E-state index in [0.29, 0.717) is 22.9 Å². The van der Waals surface area contributed by atoms with Gasteiger partial charge in [-0.2, -0.15) is 0 Å². The summed E-state index contributed by atoms with van der Waals surface area (Å²) in [6.45, 7) is 1.79. The minimum absolute atomic E-state index is 0.258. The van der Waals surface area contributed by atoms with Gasteiger partial charge in [-0.1, -0.05) is 6.42 Å². The van der Waals surface area contributed by atoms with Gasteiger partial charge in [0, 0.05) is 6.04 Å². The Hall–Kier alpha value is -0.610. The molecular formula is C13H17BrFNO. The van der Waals surface area contributed by atoms with Crippen LogP contribution in [0.2, 0.25) is 0 Å². The Morgan fingerprint density at radius 2 is 2.29 bits per heavy atom. The fourth-order valence-electron chi connectivity index (χ4n) is 2.06. The summed E-state index contributed by atoms with van der Waals surface area (Å²) in [7, 11) is 0. The van der Waals surface area contributed by atoms with Gasteiger partial charge in [0.1, 0.15) is 11.6 Å².